The molecule has 1 saturated heterocycles. The molecule has 1 aliphatic heterocycles. The summed E-state index contributed by atoms with van der Waals surface area (Å²) in [5, 5.41) is -0.535. The lowest BCUT2D eigenvalue weighted by atomic mass is 10.2. The molecule has 1 aromatic heterocycles. The van der Waals surface area contributed by atoms with Gasteiger partial charge in [-0.25, -0.2) is 9.18 Å². The fraction of sp³-hybridized carbons (Fsp3) is 0.250. The Kier molecular flexibility index (Phi) is 6.00. The van der Waals surface area contributed by atoms with Crippen LogP contribution in [0.4, 0.5) is 9.18 Å². The lowest BCUT2D eigenvalue weighted by Gasteiger charge is -2.18. The van der Waals surface area contributed by atoms with Gasteiger partial charge in [-0.2, -0.15) is 0 Å². The van der Waals surface area contributed by atoms with Crippen molar-refractivity contribution in [1.82, 2.24) is 9.47 Å². The van der Waals surface area contributed by atoms with Crippen molar-refractivity contribution in [2.45, 2.75) is 26.8 Å². The normalized spacial score (nSPS) is 16.6. The number of hydrogen-bond donors (Lipinski definition) is 0. The van der Waals surface area contributed by atoms with Crippen molar-refractivity contribution < 1.29 is 23.5 Å². The molecule has 3 rings (SSSR count). The molecule has 2 aromatic rings. The van der Waals surface area contributed by atoms with Crippen LogP contribution in [0.25, 0.3) is 11.8 Å². The van der Waals surface area contributed by atoms with Gasteiger partial charge in [-0.15, -0.1) is 0 Å². The Morgan fingerprint density at radius 1 is 1.28 bits per heavy atom. The maximum Gasteiger partial charge on any atom is 0.328 e. The van der Waals surface area contributed by atoms with Gasteiger partial charge in [-0.3, -0.25) is 14.5 Å². The van der Waals surface area contributed by atoms with Crippen LogP contribution in [-0.4, -0.2) is 39.7 Å². The van der Waals surface area contributed by atoms with E-state index in [9.17, 15) is 18.8 Å². The van der Waals surface area contributed by atoms with E-state index in [-0.39, 0.29) is 10.7 Å². The SMILES string of the molecule is COC(=O)[C@H](C)N1C(=O)S/C(=C/c2cc(C)n(-c3ccc(Br)cc3F)c2C)C1=O. The summed E-state index contributed by atoms with van der Waals surface area (Å²) < 4.78 is 21.5. The number of rotatable bonds is 4. The van der Waals surface area contributed by atoms with Gasteiger partial charge in [0, 0.05) is 15.9 Å². The van der Waals surface area contributed by atoms with Crippen LogP contribution in [-0.2, 0) is 14.3 Å². The minimum Gasteiger partial charge on any atom is -0.467 e. The van der Waals surface area contributed by atoms with Gasteiger partial charge >= 0.3 is 5.97 Å². The first-order valence-electron chi connectivity index (χ1n) is 8.65. The lowest BCUT2D eigenvalue weighted by molar-refractivity contribution is -0.148. The molecule has 152 valence electrons. The first-order valence-corrected chi connectivity index (χ1v) is 10.3. The van der Waals surface area contributed by atoms with Gasteiger partial charge in [0.2, 0.25) is 0 Å². The van der Waals surface area contributed by atoms with E-state index in [1.165, 1.54) is 20.1 Å². The van der Waals surface area contributed by atoms with E-state index in [2.05, 4.69) is 20.7 Å². The third-order valence-corrected chi connectivity index (χ3v) is 6.04. The Morgan fingerprint density at radius 3 is 2.59 bits per heavy atom. The van der Waals surface area contributed by atoms with Crippen LogP contribution in [0.1, 0.15) is 23.9 Å². The number of benzene rings is 1. The van der Waals surface area contributed by atoms with Crippen molar-refractivity contribution in [3.8, 4) is 5.69 Å². The van der Waals surface area contributed by atoms with E-state index < -0.39 is 23.2 Å². The van der Waals surface area contributed by atoms with E-state index in [1.807, 2.05) is 19.9 Å². The van der Waals surface area contributed by atoms with Crippen LogP contribution in [0.15, 0.2) is 33.6 Å². The van der Waals surface area contributed by atoms with Crippen molar-refractivity contribution in [3.63, 3.8) is 0 Å². The number of carbonyl (C=O) groups is 3. The highest BCUT2D eigenvalue weighted by atomic mass is 79.9. The number of hydrogen-bond acceptors (Lipinski definition) is 5. The molecule has 29 heavy (non-hydrogen) atoms. The fourth-order valence-corrected chi connectivity index (χ4v) is 4.43. The average molecular weight is 481 g/mol. The number of carbonyl (C=O) groups excluding carboxylic acids is 3. The minimum absolute atomic E-state index is 0.197. The molecular formula is C20H18BrFN2O4S. The van der Waals surface area contributed by atoms with Crippen LogP contribution in [0, 0.1) is 19.7 Å². The topological polar surface area (TPSA) is 68.6 Å². The summed E-state index contributed by atoms with van der Waals surface area (Å²) in [6, 6.07) is 5.59. The van der Waals surface area contributed by atoms with E-state index in [1.54, 1.807) is 22.8 Å². The van der Waals surface area contributed by atoms with Crippen molar-refractivity contribution in [3.05, 3.63) is 56.4 Å². The van der Waals surface area contributed by atoms with E-state index in [0.717, 1.165) is 28.0 Å². The molecular weight excluding hydrogens is 463 g/mol. The molecule has 9 heteroatoms. The third kappa shape index (κ3) is 3.89. The van der Waals surface area contributed by atoms with Gasteiger partial charge in [0.25, 0.3) is 11.1 Å². The second-order valence-electron chi connectivity index (χ2n) is 6.51. The van der Waals surface area contributed by atoms with Gasteiger partial charge in [-0.1, -0.05) is 15.9 Å². The van der Waals surface area contributed by atoms with E-state index >= 15 is 0 Å². The molecule has 1 fully saturated rings. The lowest BCUT2D eigenvalue weighted by Crippen LogP contribution is -2.42. The smallest absolute Gasteiger partial charge is 0.328 e. The molecule has 2 heterocycles. The first kappa shape index (κ1) is 21.3. The molecule has 0 spiro atoms. The maximum absolute atomic E-state index is 14.5. The third-order valence-electron chi connectivity index (χ3n) is 4.66. The number of aromatic nitrogens is 1. The Hall–Kier alpha value is -2.39. The molecule has 1 aromatic carbocycles. The number of methoxy groups -OCH3 is 1. The minimum atomic E-state index is -1.01. The molecule has 2 amide bonds. The van der Waals surface area contributed by atoms with Crippen LogP contribution in [0.2, 0.25) is 0 Å². The van der Waals surface area contributed by atoms with Crippen LogP contribution in [0.5, 0.6) is 0 Å². The number of imide groups is 1. The number of amides is 2. The predicted molar refractivity (Wildman–Crippen MR) is 112 cm³/mol. The predicted octanol–water partition coefficient (Wildman–Crippen LogP) is 4.59. The number of halogens is 2. The molecule has 0 N–H and O–H groups in total. The van der Waals surface area contributed by atoms with Crippen LogP contribution >= 0.6 is 27.7 Å². The number of thioether (sulfide) groups is 1. The molecule has 6 nitrogen and oxygen atoms in total. The second kappa shape index (κ2) is 8.16. The molecule has 0 bridgehead atoms. The van der Waals surface area contributed by atoms with Gasteiger partial charge < -0.3 is 9.30 Å². The fourth-order valence-electron chi connectivity index (χ4n) is 3.20. The van der Waals surface area contributed by atoms with Crippen LogP contribution in [0.3, 0.4) is 0 Å². The van der Waals surface area contributed by atoms with Crippen molar-refractivity contribution in [2.24, 2.45) is 0 Å². The second-order valence-corrected chi connectivity index (χ2v) is 8.42. The number of aryl methyl sites for hydroxylation is 1. The quantitative estimate of drug-likeness (QED) is 0.472. The Balaban J connectivity index is 1.99. The monoisotopic (exact) mass is 480 g/mol. The van der Waals surface area contributed by atoms with Crippen molar-refractivity contribution >= 4 is 50.9 Å². The van der Waals surface area contributed by atoms with Crippen molar-refractivity contribution in [1.29, 1.82) is 0 Å². The summed E-state index contributed by atoms with van der Waals surface area (Å²) in [4.78, 5) is 37.8. The molecule has 0 aliphatic carbocycles. The Bertz CT molecular complexity index is 1060. The highest BCUT2D eigenvalue weighted by molar-refractivity contribution is 9.10. The number of nitrogens with zero attached hydrogens (tertiary/aromatic N) is 2. The first-order chi connectivity index (χ1) is 13.6. The van der Waals surface area contributed by atoms with Gasteiger partial charge in [0.1, 0.15) is 11.9 Å². The largest absolute Gasteiger partial charge is 0.467 e. The molecule has 0 unspecified atom stereocenters. The number of ether oxygens (including phenoxy) is 1. The summed E-state index contributed by atoms with van der Waals surface area (Å²) in [5.74, 6) is -1.62. The summed E-state index contributed by atoms with van der Waals surface area (Å²) in [6.07, 6.45) is 1.59. The van der Waals surface area contributed by atoms with Gasteiger partial charge in [-0.05, 0) is 68.4 Å². The van der Waals surface area contributed by atoms with Gasteiger partial charge in [0.15, 0.2) is 0 Å². The highest BCUT2D eigenvalue weighted by Crippen LogP contribution is 2.35. The molecule has 1 aliphatic rings. The Labute approximate surface area is 179 Å². The Morgan fingerprint density at radius 2 is 1.97 bits per heavy atom. The average Bonchev–Trinajstić information content (AvgIpc) is 3.09. The van der Waals surface area contributed by atoms with E-state index in [0.29, 0.717) is 15.7 Å². The van der Waals surface area contributed by atoms with Crippen LogP contribution < -0.4 is 0 Å². The molecule has 0 radical (unpaired) electrons. The van der Waals surface area contributed by atoms with E-state index in [4.69, 9.17) is 0 Å². The van der Waals surface area contributed by atoms with Crippen molar-refractivity contribution in [2.75, 3.05) is 7.11 Å². The maximum atomic E-state index is 14.5. The molecule has 1 atom stereocenters. The summed E-state index contributed by atoms with van der Waals surface area (Å²) in [5.41, 5.74) is 2.56. The molecule has 0 saturated carbocycles. The number of esters is 1. The zero-order valence-corrected chi connectivity index (χ0v) is 18.6. The van der Waals surface area contributed by atoms with Gasteiger partial charge in [0.05, 0.1) is 17.7 Å². The zero-order valence-electron chi connectivity index (χ0n) is 16.2. The summed E-state index contributed by atoms with van der Waals surface area (Å²) in [7, 11) is 1.20. The highest BCUT2D eigenvalue weighted by Gasteiger charge is 2.41. The summed E-state index contributed by atoms with van der Waals surface area (Å²) >= 11 is 4.00. The summed E-state index contributed by atoms with van der Waals surface area (Å²) in [6.45, 7) is 5.08. The standard InChI is InChI=1S/C20H18BrFN2O4S/c1-10-7-13(11(2)23(10)16-6-5-14(21)9-15(16)22)8-17-18(25)24(20(27)29-17)12(3)19(26)28-4/h5-9,12H,1-4H3/b17-8+/t12-/m0/s1. The zero-order chi connectivity index (χ0) is 21.5.